The Morgan fingerprint density at radius 3 is 2.87 bits per heavy atom. The molecule has 78 valence electrons. The van der Waals surface area contributed by atoms with E-state index in [0.717, 1.165) is 11.3 Å². The summed E-state index contributed by atoms with van der Waals surface area (Å²) in [4.78, 5) is 13.4. The normalized spacial score (nSPS) is 24.1. The van der Waals surface area contributed by atoms with Gasteiger partial charge in [0.05, 0.1) is 5.03 Å². The number of carbonyl (C=O) groups excluding carboxylic acids is 1. The van der Waals surface area contributed by atoms with Crippen LogP contribution in [0.1, 0.15) is 6.92 Å². The van der Waals surface area contributed by atoms with Gasteiger partial charge in [0.25, 0.3) is 0 Å². The van der Waals surface area contributed by atoms with Crippen LogP contribution >= 0.6 is 11.6 Å². The number of ketones is 1. The number of rotatable bonds is 1. The second-order valence-electron chi connectivity index (χ2n) is 3.71. The van der Waals surface area contributed by atoms with Crippen molar-refractivity contribution in [3.05, 3.63) is 46.8 Å². The van der Waals surface area contributed by atoms with Crippen LogP contribution in [0.2, 0.25) is 0 Å². The predicted molar refractivity (Wildman–Crippen MR) is 61.2 cm³/mol. The van der Waals surface area contributed by atoms with Gasteiger partial charge in [-0.2, -0.15) is 0 Å². The number of hydrogen-bond donors (Lipinski definition) is 0. The summed E-state index contributed by atoms with van der Waals surface area (Å²) in [5, 5.41) is 0.694. The van der Waals surface area contributed by atoms with Crippen LogP contribution in [0.3, 0.4) is 0 Å². The van der Waals surface area contributed by atoms with Crippen LogP contribution in [0.4, 0.5) is 0 Å². The Morgan fingerprint density at radius 2 is 2.20 bits per heavy atom. The first-order valence-electron chi connectivity index (χ1n) is 4.81. The summed E-state index contributed by atoms with van der Waals surface area (Å²) in [6.07, 6.45) is 9.52. The van der Waals surface area contributed by atoms with Crippen LogP contribution in [0.25, 0.3) is 0 Å². The first-order chi connectivity index (χ1) is 7.11. The molecule has 1 heterocycles. The SMILES string of the molecule is CC(=O)C1=CN(C)C2=C(Cl)C=CC=CC12. The molecule has 0 amide bonds. The number of halogens is 1. The molecule has 2 nitrogen and oxygen atoms in total. The topological polar surface area (TPSA) is 20.3 Å². The quantitative estimate of drug-likeness (QED) is 0.679. The van der Waals surface area contributed by atoms with E-state index in [4.69, 9.17) is 11.6 Å². The molecule has 0 bridgehead atoms. The Labute approximate surface area is 94.2 Å². The number of hydrogen-bond acceptors (Lipinski definition) is 2. The van der Waals surface area contributed by atoms with E-state index in [1.165, 1.54) is 0 Å². The zero-order chi connectivity index (χ0) is 11.0. The van der Waals surface area contributed by atoms with E-state index in [1.807, 2.05) is 42.5 Å². The highest BCUT2D eigenvalue weighted by molar-refractivity contribution is 6.31. The largest absolute Gasteiger partial charge is 0.352 e. The fraction of sp³-hybridized carbons (Fsp3) is 0.250. The lowest BCUT2D eigenvalue weighted by Gasteiger charge is -2.16. The van der Waals surface area contributed by atoms with Gasteiger partial charge in [0.2, 0.25) is 0 Å². The molecule has 2 aliphatic rings. The Hall–Kier alpha value is -1.28. The van der Waals surface area contributed by atoms with Gasteiger partial charge in [-0.1, -0.05) is 29.8 Å². The monoisotopic (exact) mass is 221 g/mol. The van der Waals surface area contributed by atoms with E-state index in [2.05, 4.69) is 0 Å². The molecule has 0 spiro atoms. The van der Waals surface area contributed by atoms with Crippen molar-refractivity contribution in [2.24, 2.45) is 5.92 Å². The van der Waals surface area contributed by atoms with Gasteiger partial charge in [-0.15, -0.1) is 0 Å². The van der Waals surface area contributed by atoms with Gasteiger partial charge < -0.3 is 4.90 Å². The van der Waals surface area contributed by atoms with Crippen LogP contribution in [-0.2, 0) is 4.79 Å². The average molecular weight is 222 g/mol. The molecular formula is C12H12ClNO. The lowest BCUT2D eigenvalue weighted by Crippen LogP contribution is -2.12. The van der Waals surface area contributed by atoms with Gasteiger partial charge in [0.15, 0.2) is 5.78 Å². The van der Waals surface area contributed by atoms with Crippen LogP contribution in [-0.4, -0.2) is 17.7 Å². The zero-order valence-corrected chi connectivity index (χ0v) is 9.45. The molecule has 0 saturated heterocycles. The third kappa shape index (κ3) is 1.65. The number of Topliss-reactive ketones (excluding diaryl/α,β-unsaturated/α-hetero) is 1. The van der Waals surface area contributed by atoms with Crippen LogP contribution in [0.15, 0.2) is 46.8 Å². The van der Waals surface area contributed by atoms with Crippen LogP contribution in [0, 0.1) is 5.92 Å². The van der Waals surface area contributed by atoms with Crippen LogP contribution < -0.4 is 0 Å². The van der Waals surface area contributed by atoms with E-state index in [1.54, 1.807) is 6.92 Å². The van der Waals surface area contributed by atoms with Crippen molar-refractivity contribution in [2.75, 3.05) is 7.05 Å². The highest BCUT2D eigenvalue weighted by Gasteiger charge is 2.30. The van der Waals surface area contributed by atoms with Gasteiger partial charge in [0.1, 0.15) is 0 Å². The molecule has 0 radical (unpaired) electrons. The summed E-state index contributed by atoms with van der Waals surface area (Å²) in [5.74, 6) is 0.105. The minimum Gasteiger partial charge on any atom is -0.352 e. The van der Waals surface area contributed by atoms with Gasteiger partial charge in [-0.25, -0.2) is 0 Å². The summed E-state index contributed by atoms with van der Waals surface area (Å²) < 4.78 is 0. The van der Waals surface area contributed by atoms with E-state index in [0.29, 0.717) is 5.03 Å². The molecule has 15 heavy (non-hydrogen) atoms. The first-order valence-corrected chi connectivity index (χ1v) is 5.19. The molecule has 0 aromatic heterocycles. The zero-order valence-electron chi connectivity index (χ0n) is 8.70. The van der Waals surface area contributed by atoms with Crippen molar-refractivity contribution in [1.82, 2.24) is 4.90 Å². The molecule has 0 saturated carbocycles. The third-order valence-electron chi connectivity index (χ3n) is 2.65. The molecule has 1 atom stereocenters. The Morgan fingerprint density at radius 1 is 1.47 bits per heavy atom. The maximum Gasteiger partial charge on any atom is 0.158 e. The molecule has 1 aliphatic carbocycles. The fourth-order valence-electron chi connectivity index (χ4n) is 1.95. The smallest absolute Gasteiger partial charge is 0.158 e. The predicted octanol–water partition coefficient (Wildman–Crippen LogP) is 2.60. The van der Waals surface area contributed by atoms with Gasteiger partial charge >= 0.3 is 0 Å². The molecule has 0 N–H and O–H groups in total. The van der Waals surface area contributed by atoms with E-state index in [9.17, 15) is 4.79 Å². The molecule has 0 fully saturated rings. The van der Waals surface area contributed by atoms with Crippen molar-refractivity contribution in [2.45, 2.75) is 6.92 Å². The Balaban J connectivity index is 2.50. The lowest BCUT2D eigenvalue weighted by atomic mass is 9.96. The molecule has 0 aromatic carbocycles. The average Bonchev–Trinajstić information content (AvgIpc) is 2.37. The Kier molecular flexibility index (Phi) is 2.53. The molecule has 1 aliphatic heterocycles. The minimum absolute atomic E-state index is 0.00926. The number of carbonyl (C=O) groups is 1. The Bertz CT molecular complexity index is 429. The lowest BCUT2D eigenvalue weighted by molar-refractivity contribution is -0.113. The second kappa shape index (κ2) is 3.70. The maximum atomic E-state index is 11.5. The van der Waals surface area contributed by atoms with E-state index < -0.39 is 0 Å². The molecular weight excluding hydrogens is 210 g/mol. The minimum atomic E-state index is 0.00926. The van der Waals surface area contributed by atoms with Crippen molar-refractivity contribution in [3.8, 4) is 0 Å². The van der Waals surface area contributed by atoms with Crippen molar-refractivity contribution in [1.29, 1.82) is 0 Å². The van der Waals surface area contributed by atoms with Crippen molar-refractivity contribution >= 4 is 17.4 Å². The standard InChI is InChI=1S/C12H12ClNO/c1-8(15)10-7-14(2)12-9(10)5-3-4-6-11(12)13/h3-7,9H,1-2H3. The van der Waals surface area contributed by atoms with E-state index in [-0.39, 0.29) is 11.7 Å². The van der Waals surface area contributed by atoms with Crippen molar-refractivity contribution < 1.29 is 4.79 Å². The highest BCUT2D eigenvalue weighted by atomic mass is 35.5. The molecule has 0 aromatic rings. The number of fused-ring (bicyclic) bond motifs is 1. The van der Waals surface area contributed by atoms with Crippen molar-refractivity contribution in [3.63, 3.8) is 0 Å². The summed E-state index contributed by atoms with van der Waals surface area (Å²) >= 11 is 6.15. The van der Waals surface area contributed by atoms with Gasteiger partial charge in [-0.3, -0.25) is 4.79 Å². The number of allylic oxidation sites excluding steroid dienone is 5. The maximum absolute atomic E-state index is 11.5. The van der Waals surface area contributed by atoms with E-state index >= 15 is 0 Å². The fourth-order valence-corrected chi connectivity index (χ4v) is 2.27. The van der Waals surface area contributed by atoms with Crippen LogP contribution in [0.5, 0.6) is 0 Å². The molecule has 2 rings (SSSR count). The number of nitrogens with zero attached hydrogens (tertiary/aromatic N) is 1. The second-order valence-corrected chi connectivity index (χ2v) is 4.11. The molecule has 1 unspecified atom stereocenters. The summed E-state index contributed by atoms with van der Waals surface area (Å²) in [6.45, 7) is 1.59. The summed E-state index contributed by atoms with van der Waals surface area (Å²) in [7, 11) is 1.91. The third-order valence-corrected chi connectivity index (χ3v) is 2.97. The molecule has 3 heteroatoms. The van der Waals surface area contributed by atoms with Gasteiger partial charge in [-0.05, 0) is 13.0 Å². The highest BCUT2D eigenvalue weighted by Crippen LogP contribution is 2.37. The summed E-state index contributed by atoms with van der Waals surface area (Å²) in [5.41, 5.74) is 1.78. The van der Waals surface area contributed by atoms with Gasteiger partial charge in [0, 0.05) is 30.4 Å². The first kappa shape index (κ1) is 10.2. The summed E-state index contributed by atoms with van der Waals surface area (Å²) in [6, 6.07) is 0.